The predicted molar refractivity (Wildman–Crippen MR) is 341 cm³/mol. The molecule has 0 fully saturated rings. The summed E-state index contributed by atoms with van der Waals surface area (Å²) in [4.78, 5) is 0. The van der Waals surface area contributed by atoms with Gasteiger partial charge < -0.3 is 29.9 Å². The summed E-state index contributed by atoms with van der Waals surface area (Å²) in [5.74, 6) is 0. The largest absolute Gasteiger partial charge is 4.00 e. The van der Waals surface area contributed by atoms with Crippen LogP contribution in [0.25, 0.3) is 0 Å². The van der Waals surface area contributed by atoms with Gasteiger partial charge in [-0.05, 0) is 89.2 Å². The van der Waals surface area contributed by atoms with Crippen LogP contribution in [0.2, 0.25) is 0 Å². The molecule has 0 unspecified atom stereocenters. The van der Waals surface area contributed by atoms with E-state index in [0.717, 1.165) is 66.8 Å². The molecular formula is C80H70O6U. The first-order chi connectivity index (χ1) is 42.2. The van der Waals surface area contributed by atoms with E-state index in [4.69, 9.17) is 0 Å². The van der Waals surface area contributed by atoms with E-state index in [1.165, 1.54) is 0 Å². The SMILES string of the molecule is COCCOC.[O-]C(c1ccccc1)(c1ccccc1)c1ccccc1.[O-]C(c1ccccc1)(c1ccccc1)c1ccccc1.[O-]C(c1ccccc1)(c1ccccc1)c1ccccc1.[O-]C(c1ccccc1)(c1ccccc1)c1ccccc1.[U+4]. The van der Waals surface area contributed by atoms with Gasteiger partial charge in [0.2, 0.25) is 0 Å². The van der Waals surface area contributed by atoms with Gasteiger partial charge in [-0.2, -0.15) is 0 Å². The Bertz CT molecular complexity index is 2840. The summed E-state index contributed by atoms with van der Waals surface area (Å²) < 4.78 is 9.31. The van der Waals surface area contributed by atoms with Gasteiger partial charge in [0.1, 0.15) is 0 Å². The molecule has 12 aromatic rings. The van der Waals surface area contributed by atoms with Crippen molar-refractivity contribution in [2.75, 3.05) is 27.4 Å². The number of ether oxygens (including phenoxy) is 2. The van der Waals surface area contributed by atoms with Crippen LogP contribution in [0.1, 0.15) is 66.8 Å². The summed E-state index contributed by atoms with van der Waals surface area (Å²) in [6, 6.07) is 115. The summed E-state index contributed by atoms with van der Waals surface area (Å²) in [5.41, 5.74) is 3.65. The maximum Gasteiger partial charge on any atom is 4.00 e. The van der Waals surface area contributed by atoms with Crippen LogP contribution in [0.4, 0.5) is 0 Å². The van der Waals surface area contributed by atoms with Gasteiger partial charge in [-0.3, -0.25) is 0 Å². The third-order valence-electron chi connectivity index (χ3n) is 14.7. The molecule has 12 rings (SSSR count). The van der Waals surface area contributed by atoms with Crippen LogP contribution >= 0.6 is 0 Å². The Balaban J connectivity index is 0.000000160. The molecular weight excluding hydrogens is 1290 g/mol. The first kappa shape index (κ1) is 66.0. The molecule has 6 nitrogen and oxygen atoms in total. The maximum atomic E-state index is 13.7. The molecule has 87 heavy (non-hydrogen) atoms. The molecule has 0 saturated heterocycles. The van der Waals surface area contributed by atoms with E-state index in [0.29, 0.717) is 13.2 Å². The standard InChI is InChI=1S/4C19H15O.C4H10O2.U/c4*20-19(16-10-4-1-5-11-16,17-12-6-2-7-13-17)18-14-8-3-9-15-18;1-5-3-4-6-2;/h4*1-15H;3-4H2,1-2H3;/q4*-1;;+4. The number of hydrogen-bond donors (Lipinski definition) is 0. The van der Waals surface area contributed by atoms with Crippen molar-refractivity contribution in [3.63, 3.8) is 0 Å². The van der Waals surface area contributed by atoms with Gasteiger partial charge in [-0.1, -0.05) is 364 Å². The normalized spacial score (nSPS) is 11.0. The third-order valence-corrected chi connectivity index (χ3v) is 14.7. The molecule has 7 heteroatoms. The fourth-order valence-corrected chi connectivity index (χ4v) is 10.2. The van der Waals surface area contributed by atoms with Crippen molar-refractivity contribution in [2.45, 2.75) is 22.4 Å². The van der Waals surface area contributed by atoms with E-state index < -0.39 is 22.4 Å². The summed E-state index contributed by atoms with van der Waals surface area (Å²) in [6.07, 6.45) is 0. The molecule has 0 heterocycles. The summed E-state index contributed by atoms with van der Waals surface area (Å²) >= 11 is 0. The molecule has 430 valence electrons. The van der Waals surface area contributed by atoms with Crippen LogP contribution in [-0.4, -0.2) is 27.4 Å². The second-order valence-electron chi connectivity index (χ2n) is 20.1. The fraction of sp³-hybridized carbons (Fsp3) is 0.100. The molecule has 0 atom stereocenters. The molecule has 0 spiro atoms. The second kappa shape index (κ2) is 34.0. The van der Waals surface area contributed by atoms with Crippen LogP contribution in [0, 0.1) is 31.1 Å². The number of benzene rings is 12. The molecule has 0 aliphatic heterocycles. The van der Waals surface area contributed by atoms with Crippen LogP contribution in [0.3, 0.4) is 0 Å². The van der Waals surface area contributed by atoms with E-state index in [9.17, 15) is 20.4 Å². The molecule has 12 aromatic carbocycles. The number of methoxy groups -OCH3 is 2. The Hall–Kier alpha value is -8.55. The van der Waals surface area contributed by atoms with E-state index in [2.05, 4.69) is 9.47 Å². The predicted octanol–water partition coefficient (Wildman–Crippen LogP) is 13.6. The van der Waals surface area contributed by atoms with E-state index in [1.54, 1.807) is 14.2 Å². The minimum absolute atomic E-state index is 0. The Labute approximate surface area is 537 Å². The van der Waals surface area contributed by atoms with Crippen molar-refractivity contribution in [2.24, 2.45) is 0 Å². The van der Waals surface area contributed by atoms with Gasteiger partial charge in [0.15, 0.2) is 0 Å². The number of rotatable bonds is 15. The topological polar surface area (TPSA) is 111 Å². The third kappa shape index (κ3) is 16.7. The Kier molecular flexibility index (Phi) is 25.8. The van der Waals surface area contributed by atoms with Crippen LogP contribution < -0.4 is 20.4 Å². The molecule has 0 aliphatic rings. The zero-order chi connectivity index (χ0) is 60.2. The molecule has 0 amide bonds. The van der Waals surface area contributed by atoms with Crippen LogP contribution in [0.5, 0.6) is 0 Å². The van der Waals surface area contributed by atoms with Crippen LogP contribution in [0.15, 0.2) is 364 Å². The molecule has 0 aliphatic carbocycles. The average molecular weight is 1370 g/mol. The molecule has 0 bridgehead atoms. The molecule has 0 aromatic heterocycles. The average Bonchev–Trinajstić information content (AvgIpc) is 1.40. The van der Waals surface area contributed by atoms with Gasteiger partial charge in [-0.25, -0.2) is 0 Å². The zero-order valence-corrected chi connectivity index (χ0v) is 53.2. The Morgan fingerprint density at radius 3 is 0.333 bits per heavy atom. The Morgan fingerprint density at radius 1 is 0.184 bits per heavy atom. The van der Waals surface area contributed by atoms with Crippen molar-refractivity contribution in [1.82, 2.24) is 0 Å². The minimum Gasteiger partial charge on any atom is -0.839 e. The molecule has 0 N–H and O–H groups in total. The van der Waals surface area contributed by atoms with E-state index in [-0.39, 0.29) is 31.1 Å². The van der Waals surface area contributed by atoms with Gasteiger partial charge in [0.25, 0.3) is 0 Å². The van der Waals surface area contributed by atoms with E-state index in [1.807, 2.05) is 364 Å². The summed E-state index contributed by atoms with van der Waals surface area (Å²) in [6.45, 7) is 1.38. The van der Waals surface area contributed by atoms with Crippen molar-refractivity contribution in [3.05, 3.63) is 431 Å². The smallest absolute Gasteiger partial charge is 0.839 e. The number of hydrogen-bond acceptors (Lipinski definition) is 6. The monoisotopic (exact) mass is 1360 g/mol. The van der Waals surface area contributed by atoms with Gasteiger partial charge in [0.05, 0.1) is 13.2 Å². The van der Waals surface area contributed by atoms with E-state index >= 15 is 0 Å². The van der Waals surface area contributed by atoms with Crippen molar-refractivity contribution >= 4 is 0 Å². The van der Waals surface area contributed by atoms with Gasteiger partial charge >= 0.3 is 31.1 Å². The van der Waals surface area contributed by atoms with Crippen LogP contribution in [-0.2, 0) is 31.9 Å². The van der Waals surface area contributed by atoms with Crippen molar-refractivity contribution < 1.29 is 61.0 Å². The summed E-state index contributed by atoms with van der Waals surface area (Å²) in [7, 11) is 3.30. The Morgan fingerprint density at radius 2 is 0.264 bits per heavy atom. The molecule has 0 radical (unpaired) electrons. The fourth-order valence-electron chi connectivity index (χ4n) is 10.2. The van der Waals surface area contributed by atoms with Gasteiger partial charge in [-0.15, -0.1) is 0 Å². The maximum absolute atomic E-state index is 13.7. The van der Waals surface area contributed by atoms with Crippen molar-refractivity contribution in [1.29, 1.82) is 0 Å². The molecule has 0 saturated carbocycles. The zero-order valence-electron chi connectivity index (χ0n) is 49.0. The summed E-state index contributed by atoms with van der Waals surface area (Å²) in [5, 5.41) is 54.8. The quantitative estimate of drug-likeness (QED) is 0.0747. The minimum atomic E-state index is -1.37. The first-order valence-electron chi connectivity index (χ1n) is 28.6. The van der Waals surface area contributed by atoms with Crippen molar-refractivity contribution in [3.8, 4) is 0 Å². The van der Waals surface area contributed by atoms with Gasteiger partial charge in [0, 0.05) is 14.2 Å². The first-order valence-corrected chi connectivity index (χ1v) is 28.6. The second-order valence-corrected chi connectivity index (χ2v) is 20.1.